The second-order valence-electron chi connectivity index (χ2n) is 7.87. The number of thiophene rings is 1. The van der Waals surface area contributed by atoms with E-state index in [1.807, 2.05) is 43.3 Å². The number of nitrogens with one attached hydrogen (secondary N) is 2. The largest absolute Gasteiger partial charge is 0.496 e. The molecular weight excluding hydrogens is 442 g/mol. The fourth-order valence-electron chi connectivity index (χ4n) is 3.95. The molecule has 0 spiro atoms. The lowest BCUT2D eigenvalue weighted by Gasteiger charge is -2.14. The molecule has 2 heterocycles. The van der Waals surface area contributed by atoms with Crippen molar-refractivity contribution in [3.63, 3.8) is 0 Å². The van der Waals surface area contributed by atoms with Crippen LogP contribution in [0, 0.1) is 6.92 Å². The van der Waals surface area contributed by atoms with Gasteiger partial charge in [0.1, 0.15) is 22.1 Å². The van der Waals surface area contributed by atoms with Crippen LogP contribution in [0.2, 0.25) is 0 Å². The summed E-state index contributed by atoms with van der Waals surface area (Å²) in [7, 11) is 1.62. The highest BCUT2D eigenvalue weighted by molar-refractivity contribution is 7.21. The number of aromatic amines is 1. The summed E-state index contributed by atoms with van der Waals surface area (Å²) in [5.74, 6) is 2.28. The number of ether oxygens (including phenoxy) is 3. The van der Waals surface area contributed by atoms with E-state index in [-0.39, 0.29) is 18.0 Å². The third kappa shape index (κ3) is 4.47. The topological polar surface area (TPSA) is 111 Å². The number of fused-ring (bicyclic) bond motifs is 1. The summed E-state index contributed by atoms with van der Waals surface area (Å²) in [6, 6.07) is 11.4. The number of benzene rings is 2. The van der Waals surface area contributed by atoms with Gasteiger partial charge in [0.15, 0.2) is 5.75 Å². The average Bonchev–Trinajstić information content (AvgIpc) is 3.57. The quantitative estimate of drug-likeness (QED) is 0.391. The maximum absolute atomic E-state index is 13.0. The number of anilines is 1. The number of hydrogen-bond donors (Lipinski definition) is 2. The van der Waals surface area contributed by atoms with Crippen LogP contribution >= 0.6 is 11.3 Å². The summed E-state index contributed by atoms with van der Waals surface area (Å²) in [4.78, 5) is 13.4. The molecule has 2 N–H and O–H groups in total. The first-order valence-electron chi connectivity index (χ1n) is 10.7. The van der Waals surface area contributed by atoms with E-state index in [1.54, 1.807) is 7.11 Å². The van der Waals surface area contributed by atoms with Crippen molar-refractivity contribution < 1.29 is 19.0 Å². The Morgan fingerprint density at radius 1 is 1.15 bits per heavy atom. The van der Waals surface area contributed by atoms with Gasteiger partial charge in [-0.05, 0) is 79.8 Å². The van der Waals surface area contributed by atoms with Crippen molar-refractivity contribution in [1.29, 1.82) is 0 Å². The smallest absolute Gasteiger partial charge is 0.272 e. The molecule has 1 aliphatic rings. The maximum atomic E-state index is 13.0. The van der Waals surface area contributed by atoms with Gasteiger partial charge in [-0.3, -0.25) is 10.1 Å². The second-order valence-corrected chi connectivity index (χ2v) is 8.92. The summed E-state index contributed by atoms with van der Waals surface area (Å²) in [5, 5.41) is 16.8. The highest BCUT2D eigenvalue weighted by Crippen LogP contribution is 2.43. The number of methoxy groups -OCH3 is 1. The maximum Gasteiger partial charge on any atom is 0.272 e. The molecule has 0 bridgehead atoms. The Morgan fingerprint density at radius 2 is 1.91 bits per heavy atom. The van der Waals surface area contributed by atoms with Gasteiger partial charge in [-0.1, -0.05) is 5.10 Å². The molecule has 0 aliphatic heterocycles. The molecule has 33 heavy (non-hydrogen) atoms. The van der Waals surface area contributed by atoms with E-state index in [2.05, 4.69) is 25.9 Å². The zero-order chi connectivity index (χ0) is 22.8. The van der Waals surface area contributed by atoms with Crippen LogP contribution in [-0.4, -0.2) is 39.7 Å². The molecule has 0 radical (unpaired) electrons. The molecule has 0 saturated heterocycles. The van der Waals surface area contributed by atoms with Gasteiger partial charge in [-0.15, -0.1) is 16.4 Å². The van der Waals surface area contributed by atoms with Crippen molar-refractivity contribution in [2.45, 2.75) is 38.7 Å². The van der Waals surface area contributed by atoms with Crippen molar-refractivity contribution in [2.75, 3.05) is 12.4 Å². The van der Waals surface area contributed by atoms with E-state index in [4.69, 9.17) is 14.2 Å². The number of aryl methyl sites for hydroxylation is 1. The van der Waals surface area contributed by atoms with Crippen LogP contribution < -0.4 is 19.5 Å². The average molecular weight is 466 g/mol. The van der Waals surface area contributed by atoms with Crippen molar-refractivity contribution in [3.8, 4) is 23.0 Å². The van der Waals surface area contributed by atoms with Crippen molar-refractivity contribution in [1.82, 2.24) is 20.6 Å². The first-order chi connectivity index (χ1) is 16.1. The standard InChI is InChI=1S/C23H23N5O4S/c1-13-11-19-17(12-18(13)30-2)20(21(33-19)22(29)24-23-25-27-28-26-23)32-16-9-7-15(8-10-16)31-14-5-3-4-6-14/h7-12,14H,3-6H2,1-2H3,(H2,24,25,26,27,28,29). The Morgan fingerprint density at radius 3 is 2.61 bits per heavy atom. The minimum atomic E-state index is -0.384. The number of tetrazole rings is 1. The number of carbonyl (C=O) groups excluding carboxylic acids is 1. The summed E-state index contributed by atoms with van der Waals surface area (Å²) in [6.45, 7) is 1.96. The minimum Gasteiger partial charge on any atom is -0.496 e. The van der Waals surface area contributed by atoms with E-state index in [0.717, 1.165) is 40.0 Å². The molecule has 4 aromatic rings. The lowest BCUT2D eigenvalue weighted by molar-refractivity contribution is 0.102. The van der Waals surface area contributed by atoms with Crippen LogP contribution in [0.15, 0.2) is 36.4 Å². The molecule has 5 rings (SSSR count). The van der Waals surface area contributed by atoms with E-state index < -0.39 is 0 Å². The zero-order valence-electron chi connectivity index (χ0n) is 18.3. The van der Waals surface area contributed by atoms with Gasteiger partial charge in [0, 0.05) is 10.1 Å². The first kappa shape index (κ1) is 21.2. The molecule has 2 aromatic heterocycles. The Balaban J connectivity index is 1.47. The van der Waals surface area contributed by atoms with Gasteiger partial charge in [0.25, 0.3) is 11.9 Å². The zero-order valence-corrected chi connectivity index (χ0v) is 19.1. The molecule has 0 unspecified atom stereocenters. The number of carbonyl (C=O) groups is 1. The number of rotatable bonds is 7. The molecule has 1 saturated carbocycles. The van der Waals surface area contributed by atoms with Crippen LogP contribution in [-0.2, 0) is 0 Å². The Labute approximate surface area is 194 Å². The van der Waals surface area contributed by atoms with Crippen LogP contribution in [0.3, 0.4) is 0 Å². The SMILES string of the molecule is COc1cc2c(Oc3ccc(OC4CCCC4)cc3)c(C(=O)Nc3nn[nH]n3)sc2cc1C. The predicted octanol–water partition coefficient (Wildman–Crippen LogP) is 5.10. The summed E-state index contributed by atoms with van der Waals surface area (Å²) < 4.78 is 18.7. The van der Waals surface area contributed by atoms with Gasteiger partial charge in [0.05, 0.1) is 13.2 Å². The lowest BCUT2D eigenvalue weighted by atomic mass is 10.1. The summed E-state index contributed by atoms with van der Waals surface area (Å²) >= 11 is 1.33. The Kier molecular flexibility index (Phi) is 5.82. The van der Waals surface area contributed by atoms with Crippen LogP contribution in [0.5, 0.6) is 23.0 Å². The Hall–Kier alpha value is -3.66. The van der Waals surface area contributed by atoms with Gasteiger partial charge < -0.3 is 14.2 Å². The minimum absolute atomic E-state index is 0.0885. The Bertz CT molecular complexity index is 1260. The van der Waals surface area contributed by atoms with Gasteiger partial charge >= 0.3 is 0 Å². The molecule has 0 atom stereocenters. The van der Waals surface area contributed by atoms with Crippen molar-refractivity contribution in [3.05, 3.63) is 46.8 Å². The molecule has 9 nitrogen and oxygen atoms in total. The van der Waals surface area contributed by atoms with Gasteiger partial charge in [-0.2, -0.15) is 5.21 Å². The van der Waals surface area contributed by atoms with Crippen LogP contribution in [0.25, 0.3) is 10.1 Å². The number of H-pyrrole nitrogens is 1. The third-order valence-corrected chi connectivity index (χ3v) is 6.72. The number of amides is 1. The summed E-state index contributed by atoms with van der Waals surface area (Å²) in [6.07, 6.45) is 4.91. The number of nitrogens with zero attached hydrogens (tertiary/aromatic N) is 3. The van der Waals surface area contributed by atoms with Gasteiger partial charge in [0.2, 0.25) is 0 Å². The molecule has 170 valence electrons. The van der Waals surface area contributed by atoms with E-state index >= 15 is 0 Å². The molecule has 2 aromatic carbocycles. The fourth-order valence-corrected chi connectivity index (χ4v) is 5.05. The van der Waals surface area contributed by atoms with Crippen LogP contribution in [0.4, 0.5) is 5.95 Å². The van der Waals surface area contributed by atoms with E-state index in [9.17, 15) is 4.79 Å². The monoisotopic (exact) mass is 465 g/mol. The molecule has 1 fully saturated rings. The summed E-state index contributed by atoms with van der Waals surface area (Å²) in [5.41, 5.74) is 0.969. The highest BCUT2D eigenvalue weighted by Gasteiger charge is 2.23. The first-order valence-corrected chi connectivity index (χ1v) is 11.5. The second kappa shape index (κ2) is 9.07. The lowest BCUT2D eigenvalue weighted by Crippen LogP contribution is -2.12. The molecule has 1 amide bonds. The third-order valence-electron chi connectivity index (χ3n) is 5.59. The van der Waals surface area contributed by atoms with Crippen molar-refractivity contribution >= 4 is 33.3 Å². The highest BCUT2D eigenvalue weighted by atomic mass is 32.1. The normalized spacial score (nSPS) is 13.9. The van der Waals surface area contributed by atoms with E-state index in [0.29, 0.717) is 16.4 Å². The predicted molar refractivity (Wildman–Crippen MR) is 125 cm³/mol. The molecular formula is C23H23N5O4S. The van der Waals surface area contributed by atoms with Gasteiger partial charge in [-0.25, -0.2) is 0 Å². The number of aromatic nitrogens is 4. The van der Waals surface area contributed by atoms with E-state index in [1.165, 1.54) is 24.2 Å². The molecule has 10 heteroatoms. The fraction of sp³-hybridized carbons (Fsp3) is 0.304. The van der Waals surface area contributed by atoms with Crippen LogP contribution in [0.1, 0.15) is 40.9 Å². The number of hydrogen-bond acceptors (Lipinski definition) is 8. The molecule has 1 aliphatic carbocycles. The van der Waals surface area contributed by atoms with Crippen molar-refractivity contribution in [2.24, 2.45) is 0 Å².